The molecule has 3 heterocycles. The molecule has 2 aliphatic rings. The third-order valence-corrected chi connectivity index (χ3v) is 7.34. The lowest BCUT2D eigenvalue weighted by Crippen LogP contribution is -2.76. The van der Waals surface area contributed by atoms with Gasteiger partial charge in [0, 0.05) is 25.0 Å². The van der Waals surface area contributed by atoms with Crippen molar-refractivity contribution in [1.82, 2.24) is 25.1 Å². The van der Waals surface area contributed by atoms with Crippen molar-refractivity contribution in [3.63, 3.8) is 0 Å². The van der Waals surface area contributed by atoms with E-state index in [9.17, 15) is 18.8 Å². The molecule has 35 heavy (non-hydrogen) atoms. The molecule has 2 atom stereocenters. The molecule has 4 amide bonds. The van der Waals surface area contributed by atoms with Gasteiger partial charge in [-0.1, -0.05) is 32.0 Å². The molecule has 2 saturated heterocycles. The van der Waals surface area contributed by atoms with Crippen LogP contribution in [-0.2, 0) is 22.6 Å². The summed E-state index contributed by atoms with van der Waals surface area (Å²) in [5.41, 5.74) is 0.765. The number of fused-ring (bicyclic) bond motifs is 1. The summed E-state index contributed by atoms with van der Waals surface area (Å²) in [5.74, 6) is -0.348. The standard InChI is InChI=1S/C25H32FN5O3S/c1-17(2)13-21-24(33)29(11-10-20-5-4-12-35-20)15-22-30(21)23(32)16-28(3)31(22)25(34)27-14-18-6-8-19(26)9-7-18/h4-9,12,17,21-22H,10-11,13-16H2,1-3H3,(H,27,34)/t21-,22-/m0/s1. The zero-order valence-electron chi connectivity index (χ0n) is 20.3. The molecule has 0 radical (unpaired) electrons. The Morgan fingerprint density at radius 2 is 1.94 bits per heavy atom. The molecule has 2 fully saturated rings. The van der Waals surface area contributed by atoms with Crippen molar-refractivity contribution in [1.29, 1.82) is 0 Å². The van der Waals surface area contributed by atoms with Gasteiger partial charge in [-0.3, -0.25) is 9.59 Å². The number of benzene rings is 1. The van der Waals surface area contributed by atoms with E-state index >= 15 is 0 Å². The topological polar surface area (TPSA) is 76.2 Å². The average Bonchev–Trinajstić information content (AvgIpc) is 3.32. The first-order valence-corrected chi connectivity index (χ1v) is 12.8. The summed E-state index contributed by atoms with van der Waals surface area (Å²) in [7, 11) is 1.70. The van der Waals surface area contributed by atoms with Crippen LogP contribution >= 0.6 is 11.3 Å². The maximum atomic E-state index is 13.5. The van der Waals surface area contributed by atoms with Crippen molar-refractivity contribution in [2.75, 3.05) is 26.7 Å². The quantitative estimate of drug-likeness (QED) is 0.633. The SMILES string of the molecule is CC(C)C[C@H]1C(=O)N(CCc2cccs2)C[C@H]2N1C(=O)CN(C)N2C(=O)NCc1ccc(F)cc1. The predicted octanol–water partition coefficient (Wildman–Crippen LogP) is 2.91. The van der Waals surface area contributed by atoms with Crippen molar-refractivity contribution in [3.8, 4) is 0 Å². The first-order chi connectivity index (χ1) is 16.7. The number of urea groups is 1. The van der Waals surface area contributed by atoms with Crippen LogP contribution in [0.4, 0.5) is 9.18 Å². The van der Waals surface area contributed by atoms with E-state index in [2.05, 4.69) is 5.32 Å². The van der Waals surface area contributed by atoms with Gasteiger partial charge < -0.3 is 15.1 Å². The molecule has 1 aromatic carbocycles. The van der Waals surface area contributed by atoms with Crippen molar-refractivity contribution in [2.45, 2.75) is 45.4 Å². The molecule has 0 bridgehead atoms. The van der Waals surface area contributed by atoms with Crippen molar-refractivity contribution >= 4 is 29.2 Å². The third-order valence-electron chi connectivity index (χ3n) is 6.41. The number of hydrogen-bond acceptors (Lipinski definition) is 5. The Morgan fingerprint density at radius 1 is 1.20 bits per heavy atom. The second kappa shape index (κ2) is 10.7. The van der Waals surface area contributed by atoms with Gasteiger partial charge >= 0.3 is 6.03 Å². The number of carbonyl (C=O) groups is 3. The normalized spacial score (nSPS) is 21.0. The van der Waals surface area contributed by atoms with E-state index in [0.29, 0.717) is 13.0 Å². The first kappa shape index (κ1) is 25.1. The van der Waals surface area contributed by atoms with Gasteiger partial charge in [0.05, 0.1) is 13.1 Å². The van der Waals surface area contributed by atoms with E-state index in [1.54, 1.807) is 50.3 Å². The molecule has 0 spiro atoms. The summed E-state index contributed by atoms with van der Waals surface area (Å²) < 4.78 is 13.2. The molecule has 188 valence electrons. The Hall–Kier alpha value is -2.98. The molecule has 1 aromatic heterocycles. The third kappa shape index (κ3) is 5.65. The minimum absolute atomic E-state index is 0.0114. The Kier molecular flexibility index (Phi) is 7.71. The van der Waals surface area contributed by atoms with Crippen molar-refractivity contribution in [2.24, 2.45) is 5.92 Å². The van der Waals surface area contributed by atoms with Crippen LogP contribution in [0.2, 0.25) is 0 Å². The van der Waals surface area contributed by atoms with Crippen LogP contribution in [0.15, 0.2) is 41.8 Å². The van der Waals surface area contributed by atoms with Gasteiger partial charge in [-0.25, -0.2) is 19.2 Å². The molecular weight excluding hydrogens is 469 g/mol. The number of amides is 4. The summed E-state index contributed by atoms with van der Waals surface area (Å²) in [6.45, 7) is 5.07. The van der Waals surface area contributed by atoms with Crippen LogP contribution in [0, 0.1) is 11.7 Å². The van der Waals surface area contributed by atoms with Gasteiger partial charge in [0.2, 0.25) is 11.8 Å². The first-order valence-electron chi connectivity index (χ1n) is 11.9. The van der Waals surface area contributed by atoms with Crippen LogP contribution in [0.1, 0.15) is 30.7 Å². The molecular formula is C25H32FN5O3S. The lowest BCUT2D eigenvalue weighted by molar-refractivity contribution is -0.187. The van der Waals surface area contributed by atoms with E-state index in [1.807, 2.05) is 31.4 Å². The van der Waals surface area contributed by atoms with E-state index in [-0.39, 0.29) is 49.2 Å². The fraction of sp³-hybridized carbons (Fsp3) is 0.480. The number of carbonyl (C=O) groups excluding carboxylic acids is 3. The predicted molar refractivity (Wildman–Crippen MR) is 132 cm³/mol. The van der Waals surface area contributed by atoms with Gasteiger partial charge in [-0.05, 0) is 47.9 Å². The van der Waals surface area contributed by atoms with Crippen molar-refractivity contribution in [3.05, 3.63) is 58.0 Å². The van der Waals surface area contributed by atoms with Crippen LogP contribution in [-0.4, -0.2) is 76.6 Å². The fourth-order valence-electron chi connectivity index (χ4n) is 4.74. The summed E-state index contributed by atoms with van der Waals surface area (Å²) in [4.78, 5) is 44.5. The van der Waals surface area contributed by atoms with Crippen LogP contribution in [0.3, 0.4) is 0 Å². The van der Waals surface area contributed by atoms with Gasteiger partial charge in [0.15, 0.2) is 0 Å². The number of hydrazine groups is 1. The number of hydrogen-bond donors (Lipinski definition) is 1. The van der Waals surface area contributed by atoms with Crippen molar-refractivity contribution < 1.29 is 18.8 Å². The highest BCUT2D eigenvalue weighted by molar-refractivity contribution is 7.09. The van der Waals surface area contributed by atoms with E-state index in [1.165, 1.54) is 17.0 Å². The van der Waals surface area contributed by atoms with E-state index in [0.717, 1.165) is 12.0 Å². The molecule has 0 aliphatic carbocycles. The number of nitrogens with zero attached hydrogens (tertiary/aromatic N) is 4. The van der Waals surface area contributed by atoms with Crippen LogP contribution < -0.4 is 5.32 Å². The molecule has 1 N–H and O–H groups in total. The number of thiophene rings is 1. The number of likely N-dealkylation sites (N-methyl/N-ethyl adjacent to an activating group) is 1. The maximum Gasteiger partial charge on any atom is 0.334 e. The second-order valence-corrected chi connectivity index (χ2v) is 10.5. The minimum atomic E-state index is -0.606. The van der Waals surface area contributed by atoms with Gasteiger partial charge in [0.1, 0.15) is 18.0 Å². The molecule has 2 aromatic rings. The number of rotatable bonds is 7. The Morgan fingerprint density at radius 3 is 2.60 bits per heavy atom. The Labute approximate surface area is 209 Å². The number of piperazine rings is 1. The number of halogens is 1. The molecule has 4 rings (SSSR count). The van der Waals surface area contributed by atoms with Crippen LogP contribution in [0.25, 0.3) is 0 Å². The zero-order chi connectivity index (χ0) is 25.1. The summed E-state index contributed by atoms with van der Waals surface area (Å²) in [5, 5.41) is 8.06. The lowest BCUT2D eigenvalue weighted by Gasteiger charge is -2.54. The van der Waals surface area contributed by atoms with Gasteiger partial charge in [-0.15, -0.1) is 11.3 Å². The Balaban J connectivity index is 1.56. The fourth-order valence-corrected chi connectivity index (χ4v) is 5.44. The molecule has 0 saturated carbocycles. The number of nitrogens with one attached hydrogen (secondary N) is 1. The minimum Gasteiger partial charge on any atom is -0.337 e. The molecule has 10 heteroatoms. The lowest BCUT2D eigenvalue weighted by atomic mass is 9.97. The molecule has 2 aliphatic heterocycles. The molecule has 8 nitrogen and oxygen atoms in total. The highest BCUT2D eigenvalue weighted by atomic mass is 32.1. The highest BCUT2D eigenvalue weighted by Gasteiger charge is 2.50. The maximum absolute atomic E-state index is 13.5. The monoisotopic (exact) mass is 501 g/mol. The van der Waals surface area contributed by atoms with Gasteiger partial charge in [0.25, 0.3) is 0 Å². The second-order valence-electron chi connectivity index (χ2n) is 9.49. The van der Waals surface area contributed by atoms with Crippen LogP contribution in [0.5, 0.6) is 0 Å². The largest absolute Gasteiger partial charge is 0.337 e. The summed E-state index contributed by atoms with van der Waals surface area (Å²) in [6, 6.07) is 9.01. The highest BCUT2D eigenvalue weighted by Crippen LogP contribution is 2.29. The summed E-state index contributed by atoms with van der Waals surface area (Å²) in [6.07, 6.45) is 0.662. The van der Waals surface area contributed by atoms with E-state index in [4.69, 9.17) is 0 Å². The van der Waals surface area contributed by atoms with Gasteiger partial charge in [-0.2, -0.15) is 0 Å². The Bertz CT molecular complexity index is 1050. The zero-order valence-corrected chi connectivity index (χ0v) is 21.1. The summed E-state index contributed by atoms with van der Waals surface area (Å²) >= 11 is 1.65. The average molecular weight is 502 g/mol. The molecule has 0 unspecified atom stereocenters. The smallest absolute Gasteiger partial charge is 0.334 e. The van der Waals surface area contributed by atoms with E-state index < -0.39 is 12.2 Å².